The van der Waals surface area contributed by atoms with E-state index in [1.807, 2.05) is 37.3 Å². The zero-order valence-electron chi connectivity index (χ0n) is 9.79. The Bertz CT molecular complexity index is 614. The molecule has 0 fully saturated rings. The first-order valence-electron chi connectivity index (χ1n) is 5.60. The Balaban J connectivity index is 2.09. The van der Waals surface area contributed by atoms with E-state index in [0.29, 0.717) is 15.7 Å². The summed E-state index contributed by atoms with van der Waals surface area (Å²) in [5.41, 5.74) is 2.39. The number of carbonyl (C=O) groups is 1. The molecule has 2 aromatic rings. The van der Waals surface area contributed by atoms with E-state index >= 15 is 0 Å². The standard InChI is InChI=1S/C14H11NO2Se/c1-10-6-8-11(9-7-10)15-14(16)12-4-2-3-5-13(12)18(15)17/h2-9H,1H3. The molecule has 90 valence electrons. The van der Waals surface area contributed by atoms with Crippen LogP contribution in [0.2, 0.25) is 0 Å². The number of hydrogen-bond donors (Lipinski definition) is 0. The van der Waals surface area contributed by atoms with Gasteiger partial charge < -0.3 is 0 Å². The second-order valence-corrected chi connectivity index (χ2v) is 6.91. The predicted octanol–water partition coefficient (Wildman–Crippen LogP) is 1.78. The van der Waals surface area contributed by atoms with Crippen LogP contribution in [-0.2, 0) is 3.83 Å². The fourth-order valence-corrected chi connectivity index (χ4v) is 4.69. The van der Waals surface area contributed by atoms with Crippen molar-refractivity contribution in [3.8, 4) is 0 Å². The average Bonchev–Trinajstić information content (AvgIpc) is 2.64. The molecule has 0 aliphatic carbocycles. The predicted molar refractivity (Wildman–Crippen MR) is 70.5 cm³/mol. The van der Waals surface area contributed by atoms with Crippen LogP contribution in [0, 0.1) is 6.92 Å². The number of rotatable bonds is 1. The van der Waals surface area contributed by atoms with Crippen molar-refractivity contribution in [3.63, 3.8) is 0 Å². The van der Waals surface area contributed by atoms with Crippen LogP contribution in [0.3, 0.4) is 0 Å². The fourth-order valence-electron chi connectivity index (χ4n) is 1.97. The first kappa shape index (κ1) is 11.3. The van der Waals surface area contributed by atoms with Gasteiger partial charge in [0.25, 0.3) is 0 Å². The van der Waals surface area contributed by atoms with Crippen molar-refractivity contribution in [1.82, 2.24) is 0 Å². The maximum atomic E-state index is 12.4. The van der Waals surface area contributed by atoms with Crippen molar-refractivity contribution in [2.75, 3.05) is 3.92 Å². The zero-order valence-corrected chi connectivity index (χ0v) is 11.5. The second-order valence-electron chi connectivity index (χ2n) is 4.18. The molecule has 1 atom stereocenters. The Hall–Kier alpha value is -1.77. The zero-order chi connectivity index (χ0) is 12.7. The number of amides is 1. The van der Waals surface area contributed by atoms with Crippen LogP contribution in [0.1, 0.15) is 15.9 Å². The normalized spacial score (nSPS) is 17.9. The van der Waals surface area contributed by atoms with E-state index in [1.165, 1.54) is 3.92 Å². The van der Waals surface area contributed by atoms with Gasteiger partial charge in [-0.05, 0) is 0 Å². The van der Waals surface area contributed by atoms with E-state index in [-0.39, 0.29) is 5.91 Å². The molecule has 4 heteroatoms. The number of aryl methyl sites for hydroxylation is 1. The Labute approximate surface area is 109 Å². The first-order chi connectivity index (χ1) is 8.68. The molecule has 0 N–H and O–H groups in total. The van der Waals surface area contributed by atoms with Gasteiger partial charge in [0.2, 0.25) is 0 Å². The van der Waals surface area contributed by atoms with Crippen molar-refractivity contribution in [1.29, 1.82) is 0 Å². The van der Waals surface area contributed by atoms with E-state index < -0.39 is 14.1 Å². The molecule has 1 heterocycles. The summed E-state index contributed by atoms with van der Waals surface area (Å²) in [4.78, 5) is 12.2. The van der Waals surface area contributed by atoms with Crippen LogP contribution in [0.15, 0.2) is 48.5 Å². The second kappa shape index (κ2) is 4.16. The molecule has 1 amide bonds. The summed E-state index contributed by atoms with van der Waals surface area (Å²) in [6, 6.07) is 14.7. The van der Waals surface area contributed by atoms with E-state index in [4.69, 9.17) is 0 Å². The summed E-state index contributed by atoms with van der Waals surface area (Å²) in [6.45, 7) is 1.98. The number of hydrogen-bond acceptors (Lipinski definition) is 2. The van der Waals surface area contributed by atoms with Gasteiger partial charge in [-0.25, -0.2) is 0 Å². The van der Waals surface area contributed by atoms with Crippen molar-refractivity contribution in [2.24, 2.45) is 0 Å². The van der Waals surface area contributed by atoms with Gasteiger partial charge in [0.05, 0.1) is 0 Å². The number of benzene rings is 2. The van der Waals surface area contributed by atoms with Crippen molar-refractivity contribution in [2.45, 2.75) is 6.92 Å². The molecular weight excluding hydrogens is 293 g/mol. The van der Waals surface area contributed by atoms with Gasteiger partial charge in [0, 0.05) is 0 Å². The van der Waals surface area contributed by atoms with E-state index in [9.17, 15) is 8.63 Å². The molecule has 0 aromatic heterocycles. The number of anilines is 1. The molecule has 0 spiro atoms. The molecule has 0 bridgehead atoms. The molecule has 0 saturated carbocycles. The van der Waals surface area contributed by atoms with Crippen LogP contribution in [0.5, 0.6) is 0 Å². The maximum absolute atomic E-state index is 12.4. The average molecular weight is 304 g/mol. The summed E-state index contributed by atoms with van der Waals surface area (Å²) < 4.78 is 14.5. The quantitative estimate of drug-likeness (QED) is 0.753. The van der Waals surface area contributed by atoms with Gasteiger partial charge in [-0.3, -0.25) is 0 Å². The van der Waals surface area contributed by atoms with Gasteiger partial charge in [-0.15, -0.1) is 0 Å². The fraction of sp³-hybridized carbons (Fsp3) is 0.0714. The molecule has 1 unspecified atom stereocenters. The summed E-state index contributed by atoms with van der Waals surface area (Å²) >= 11 is -2.48. The SMILES string of the molecule is Cc1ccc(N2C(=O)c3ccccc3[Se]2=O)cc1. The number of nitrogens with zero attached hydrogens (tertiary/aromatic N) is 1. The molecule has 1 aliphatic rings. The van der Waals surface area contributed by atoms with Gasteiger partial charge in [-0.2, -0.15) is 0 Å². The van der Waals surface area contributed by atoms with Crippen LogP contribution in [0.25, 0.3) is 0 Å². The third-order valence-corrected chi connectivity index (χ3v) is 5.95. The monoisotopic (exact) mass is 305 g/mol. The minimum absolute atomic E-state index is 0.158. The van der Waals surface area contributed by atoms with Crippen molar-refractivity contribution in [3.05, 3.63) is 59.7 Å². The van der Waals surface area contributed by atoms with Gasteiger partial charge in [-0.1, -0.05) is 0 Å². The van der Waals surface area contributed by atoms with E-state index in [2.05, 4.69) is 0 Å². The molecule has 0 radical (unpaired) electrons. The molecule has 3 rings (SSSR count). The third kappa shape index (κ3) is 1.62. The summed E-state index contributed by atoms with van der Waals surface area (Å²) in [5, 5.41) is 0. The number of fused-ring (bicyclic) bond motifs is 1. The topological polar surface area (TPSA) is 37.4 Å². The first-order valence-corrected chi connectivity index (χ1v) is 7.93. The van der Waals surface area contributed by atoms with E-state index in [0.717, 1.165) is 5.56 Å². The Morgan fingerprint density at radius 2 is 1.67 bits per heavy atom. The third-order valence-electron chi connectivity index (χ3n) is 2.92. The minimum atomic E-state index is -2.48. The molecule has 2 aromatic carbocycles. The van der Waals surface area contributed by atoms with Crippen molar-refractivity contribution >= 4 is 30.1 Å². The van der Waals surface area contributed by atoms with Crippen LogP contribution in [-0.4, -0.2) is 20.0 Å². The number of carbonyl (C=O) groups excluding carboxylic acids is 1. The van der Waals surface area contributed by atoms with Gasteiger partial charge in [0.1, 0.15) is 0 Å². The van der Waals surface area contributed by atoms with Crippen LogP contribution < -0.4 is 8.38 Å². The molecular formula is C14H11NO2Se. The molecule has 3 nitrogen and oxygen atoms in total. The summed E-state index contributed by atoms with van der Waals surface area (Å²) in [5.74, 6) is -0.158. The summed E-state index contributed by atoms with van der Waals surface area (Å²) in [6.07, 6.45) is 0. The molecule has 1 aliphatic heterocycles. The van der Waals surface area contributed by atoms with Gasteiger partial charge >= 0.3 is 109 Å². The van der Waals surface area contributed by atoms with Crippen LogP contribution in [0.4, 0.5) is 5.69 Å². The van der Waals surface area contributed by atoms with Gasteiger partial charge in [0.15, 0.2) is 0 Å². The molecule has 0 saturated heterocycles. The van der Waals surface area contributed by atoms with E-state index in [1.54, 1.807) is 18.2 Å². The summed E-state index contributed by atoms with van der Waals surface area (Å²) in [7, 11) is 0. The van der Waals surface area contributed by atoms with Crippen molar-refractivity contribution < 1.29 is 8.63 Å². The molecule has 18 heavy (non-hydrogen) atoms. The Morgan fingerprint density at radius 3 is 2.33 bits per heavy atom. The van der Waals surface area contributed by atoms with Crippen LogP contribution >= 0.6 is 0 Å². The Morgan fingerprint density at radius 1 is 1.00 bits per heavy atom. The Kier molecular flexibility index (Phi) is 2.62.